The molecule has 0 unspecified atom stereocenters. The Balaban J connectivity index is 2.25. The Morgan fingerprint density at radius 2 is 2.00 bits per heavy atom. The van der Waals surface area contributed by atoms with Crippen molar-refractivity contribution >= 4 is 22.2 Å². The Bertz CT molecular complexity index is 523. The summed E-state index contributed by atoms with van der Waals surface area (Å²) < 4.78 is 0. The van der Waals surface area contributed by atoms with Crippen LogP contribution in [0.1, 0.15) is 62.0 Å². The van der Waals surface area contributed by atoms with E-state index in [4.69, 9.17) is 0 Å². The lowest BCUT2D eigenvalue weighted by Crippen LogP contribution is -2.21. The molecule has 2 rings (SSSR count). The van der Waals surface area contributed by atoms with Crippen LogP contribution >= 0.6 is 11.3 Å². The first kappa shape index (κ1) is 15.1. The largest absolute Gasteiger partial charge is 0.316 e. The van der Waals surface area contributed by atoms with Gasteiger partial charge < -0.3 is 5.32 Å². The third kappa shape index (κ3) is 3.04. The number of carbonyl (C=O) groups excluding carboxylic acids is 1. The van der Waals surface area contributed by atoms with E-state index in [0.717, 1.165) is 37.1 Å². The van der Waals surface area contributed by atoms with Gasteiger partial charge in [0.05, 0.1) is 5.56 Å². The molecule has 1 amide bonds. The summed E-state index contributed by atoms with van der Waals surface area (Å²) in [5, 5.41) is 13.2. The highest BCUT2D eigenvalue weighted by atomic mass is 32.1. The van der Waals surface area contributed by atoms with Crippen molar-refractivity contribution in [2.24, 2.45) is 5.92 Å². The Morgan fingerprint density at radius 1 is 1.30 bits per heavy atom. The Kier molecular flexibility index (Phi) is 5.19. The monoisotopic (exact) mass is 290 g/mol. The van der Waals surface area contributed by atoms with Crippen LogP contribution in [0.25, 0.3) is 0 Å². The number of thiophene rings is 1. The minimum absolute atomic E-state index is 0.0449. The van der Waals surface area contributed by atoms with E-state index in [2.05, 4.69) is 11.4 Å². The van der Waals surface area contributed by atoms with Crippen LogP contribution in [0.3, 0.4) is 0 Å². The maximum atomic E-state index is 12.2. The lowest BCUT2D eigenvalue weighted by atomic mass is 10.0. The normalized spacial score (nSPS) is 14.5. The van der Waals surface area contributed by atoms with Crippen molar-refractivity contribution in [1.82, 2.24) is 0 Å². The zero-order valence-corrected chi connectivity index (χ0v) is 13.1. The number of hydrogen-bond donors (Lipinski definition) is 1. The molecule has 20 heavy (non-hydrogen) atoms. The highest BCUT2D eigenvalue weighted by Crippen LogP contribution is 2.37. The predicted molar refractivity (Wildman–Crippen MR) is 83.0 cm³/mol. The minimum atomic E-state index is 0.0449. The molecule has 3 nitrogen and oxygen atoms in total. The third-order valence-electron chi connectivity index (χ3n) is 4.13. The molecule has 0 radical (unpaired) electrons. The summed E-state index contributed by atoms with van der Waals surface area (Å²) >= 11 is 1.61. The fourth-order valence-electron chi connectivity index (χ4n) is 2.82. The summed E-state index contributed by atoms with van der Waals surface area (Å²) in [4.78, 5) is 13.5. The van der Waals surface area contributed by atoms with Gasteiger partial charge in [-0.1, -0.05) is 20.3 Å². The third-order valence-corrected chi connectivity index (χ3v) is 5.33. The van der Waals surface area contributed by atoms with E-state index in [0.29, 0.717) is 5.56 Å². The van der Waals surface area contributed by atoms with E-state index < -0.39 is 0 Å². The first-order valence-electron chi connectivity index (χ1n) is 7.56. The van der Waals surface area contributed by atoms with Crippen molar-refractivity contribution < 1.29 is 4.79 Å². The summed E-state index contributed by atoms with van der Waals surface area (Å²) in [5.74, 6) is 0.103. The number of nitrogens with zero attached hydrogens (tertiary/aromatic N) is 1. The molecule has 4 heteroatoms. The van der Waals surface area contributed by atoms with E-state index in [1.54, 1.807) is 11.3 Å². The van der Waals surface area contributed by atoms with Gasteiger partial charge in [-0.15, -0.1) is 11.3 Å². The van der Waals surface area contributed by atoms with Gasteiger partial charge in [-0.05, 0) is 44.1 Å². The summed E-state index contributed by atoms with van der Waals surface area (Å²) in [6, 6.07) is 2.31. The summed E-state index contributed by atoms with van der Waals surface area (Å²) in [6.45, 7) is 4.06. The molecule has 108 valence electrons. The topological polar surface area (TPSA) is 52.9 Å². The number of nitriles is 1. The second-order valence-corrected chi connectivity index (χ2v) is 6.49. The van der Waals surface area contributed by atoms with Crippen molar-refractivity contribution in [3.8, 4) is 6.07 Å². The van der Waals surface area contributed by atoms with Gasteiger partial charge >= 0.3 is 0 Å². The van der Waals surface area contributed by atoms with Crippen LogP contribution in [0, 0.1) is 17.2 Å². The van der Waals surface area contributed by atoms with Crippen LogP contribution in [-0.4, -0.2) is 5.91 Å². The number of amides is 1. The maximum Gasteiger partial charge on any atom is 0.228 e. The molecule has 0 bridgehead atoms. The van der Waals surface area contributed by atoms with E-state index in [1.807, 2.05) is 13.8 Å². The Morgan fingerprint density at radius 3 is 2.65 bits per heavy atom. The molecule has 1 N–H and O–H groups in total. The van der Waals surface area contributed by atoms with Crippen LogP contribution < -0.4 is 5.32 Å². The number of aryl methyl sites for hydroxylation is 1. The van der Waals surface area contributed by atoms with Crippen LogP contribution in [-0.2, 0) is 17.6 Å². The molecular weight excluding hydrogens is 268 g/mol. The zero-order chi connectivity index (χ0) is 14.5. The maximum absolute atomic E-state index is 12.2. The smallest absolute Gasteiger partial charge is 0.228 e. The van der Waals surface area contributed by atoms with E-state index in [-0.39, 0.29) is 11.8 Å². The lowest BCUT2D eigenvalue weighted by Gasteiger charge is -2.11. The van der Waals surface area contributed by atoms with Crippen molar-refractivity contribution in [1.29, 1.82) is 5.26 Å². The Hall–Kier alpha value is -1.34. The van der Waals surface area contributed by atoms with Gasteiger partial charge in [0.15, 0.2) is 0 Å². The van der Waals surface area contributed by atoms with E-state index >= 15 is 0 Å². The SMILES string of the molecule is CCC(CC)C(=O)Nc1sc2c(c1C#N)CCCCC2. The molecular formula is C16H22N2OS. The van der Waals surface area contributed by atoms with Gasteiger partial charge in [-0.2, -0.15) is 5.26 Å². The predicted octanol–water partition coefficient (Wildman–Crippen LogP) is 4.26. The van der Waals surface area contributed by atoms with Gasteiger partial charge in [-0.3, -0.25) is 4.79 Å². The lowest BCUT2D eigenvalue weighted by molar-refractivity contribution is -0.120. The van der Waals surface area contributed by atoms with Crippen molar-refractivity contribution in [3.05, 3.63) is 16.0 Å². The summed E-state index contributed by atoms with van der Waals surface area (Å²) in [5.41, 5.74) is 1.90. The van der Waals surface area contributed by atoms with Gasteiger partial charge in [0.2, 0.25) is 5.91 Å². The fraction of sp³-hybridized carbons (Fsp3) is 0.625. The molecule has 1 aromatic rings. The molecule has 1 aliphatic rings. The molecule has 1 aliphatic carbocycles. The molecule has 0 atom stereocenters. The average molecular weight is 290 g/mol. The Labute approximate surface area is 125 Å². The molecule has 1 aromatic heterocycles. The summed E-state index contributed by atoms with van der Waals surface area (Å²) in [6.07, 6.45) is 7.30. The number of rotatable bonds is 4. The standard InChI is InChI=1S/C16H22N2OS/c1-3-11(4-2)15(19)18-16-13(10-17)12-8-6-5-7-9-14(12)20-16/h11H,3-9H2,1-2H3,(H,18,19). The molecule has 0 saturated heterocycles. The minimum Gasteiger partial charge on any atom is -0.316 e. The van der Waals surface area contributed by atoms with Crippen molar-refractivity contribution in [2.75, 3.05) is 5.32 Å². The number of hydrogen-bond acceptors (Lipinski definition) is 3. The van der Waals surface area contributed by atoms with Gasteiger partial charge in [0.1, 0.15) is 11.1 Å². The van der Waals surface area contributed by atoms with Crippen LogP contribution in [0.2, 0.25) is 0 Å². The molecule has 0 aromatic carbocycles. The number of fused-ring (bicyclic) bond motifs is 1. The molecule has 0 aliphatic heterocycles. The fourth-order valence-corrected chi connectivity index (χ4v) is 4.07. The molecule has 0 spiro atoms. The second-order valence-electron chi connectivity index (χ2n) is 5.38. The quantitative estimate of drug-likeness (QED) is 0.842. The number of carbonyl (C=O) groups is 1. The average Bonchev–Trinajstić information content (AvgIpc) is 2.61. The van der Waals surface area contributed by atoms with E-state index in [9.17, 15) is 10.1 Å². The molecule has 0 saturated carbocycles. The second kappa shape index (κ2) is 6.90. The van der Waals surface area contributed by atoms with Crippen molar-refractivity contribution in [3.63, 3.8) is 0 Å². The van der Waals surface area contributed by atoms with Crippen LogP contribution in [0.4, 0.5) is 5.00 Å². The highest BCUT2D eigenvalue weighted by molar-refractivity contribution is 7.16. The van der Waals surface area contributed by atoms with Gasteiger partial charge in [-0.25, -0.2) is 0 Å². The first-order valence-corrected chi connectivity index (χ1v) is 8.38. The molecule has 0 fully saturated rings. The van der Waals surface area contributed by atoms with Crippen molar-refractivity contribution in [2.45, 2.75) is 58.8 Å². The van der Waals surface area contributed by atoms with Crippen LogP contribution in [0.15, 0.2) is 0 Å². The first-order chi connectivity index (χ1) is 9.71. The van der Waals surface area contributed by atoms with Crippen LogP contribution in [0.5, 0.6) is 0 Å². The van der Waals surface area contributed by atoms with Gasteiger partial charge in [0.25, 0.3) is 0 Å². The number of anilines is 1. The zero-order valence-electron chi connectivity index (χ0n) is 12.3. The number of nitrogens with one attached hydrogen (secondary N) is 1. The molecule has 1 heterocycles. The van der Waals surface area contributed by atoms with Gasteiger partial charge in [0, 0.05) is 10.8 Å². The van der Waals surface area contributed by atoms with E-state index in [1.165, 1.54) is 23.3 Å². The summed E-state index contributed by atoms with van der Waals surface area (Å²) in [7, 11) is 0. The highest BCUT2D eigenvalue weighted by Gasteiger charge is 2.22.